The molecule has 2 N–H and O–H groups in total. The highest BCUT2D eigenvalue weighted by molar-refractivity contribution is 5.86. The van der Waals surface area contributed by atoms with Crippen molar-refractivity contribution in [3.63, 3.8) is 0 Å². The second-order valence-corrected chi connectivity index (χ2v) is 4.24. The fraction of sp³-hybridized carbons (Fsp3) is 0.727. The molecule has 18 heavy (non-hydrogen) atoms. The summed E-state index contributed by atoms with van der Waals surface area (Å²) in [6.07, 6.45) is 2.18. The monoisotopic (exact) mass is 258 g/mol. The number of carboxylic acids is 1. The van der Waals surface area contributed by atoms with Crippen molar-refractivity contribution in [3.8, 4) is 0 Å². The Bertz CT molecular complexity index is 344. The lowest BCUT2D eigenvalue weighted by molar-refractivity contribution is -0.146. The van der Waals surface area contributed by atoms with Crippen molar-refractivity contribution in [2.45, 2.75) is 38.3 Å². The van der Waals surface area contributed by atoms with Gasteiger partial charge in [-0.25, -0.2) is 9.59 Å². The van der Waals surface area contributed by atoms with Gasteiger partial charge in [0.25, 0.3) is 0 Å². The number of amides is 2. The highest BCUT2D eigenvalue weighted by Crippen LogP contribution is 2.18. The first-order valence-corrected chi connectivity index (χ1v) is 5.85. The topological polar surface area (TPSA) is 95.9 Å². The standard InChI is InChI=1S/C11H18N2O5/c1-7(9(14)15)12-11(17)13-6-4-3-5-8(13)10(16)18-2/h7-8H,3-6H2,1-2H3,(H,12,17)(H,14,15)/t7-,8?/m1/s1. The minimum atomic E-state index is -1.12. The first-order valence-electron chi connectivity index (χ1n) is 5.85. The van der Waals surface area contributed by atoms with Crippen LogP contribution in [-0.2, 0) is 14.3 Å². The van der Waals surface area contributed by atoms with Gasteiger partial charge in [-0.1, -0.05) is 0 Å². The zero-order chi connectivity index (χ0) is 13.7. The molecule has 0 aromatic rings. The number of nitrogens with zero attached hydrogens (tertiary/aromatic N) is 1. The van der Waals surface area contributed by atoms with Gasteiger partial charge >= 0.3 is 18.0 Å². The van der Waals surface area contributed by atoms with Gasteiger partial charge in [0, 0.05) is 6.54 Å². The lowest BCUT2D eigenvalue weighted by Crippen LogP contribution is -2.54. The van der Waals surface area contributed by atoms with Gasteiger partial charge in [-0.3, -0.25) is 4.79 Å². The largest absolute Gasteiger partial charge is 0.480 e. The average Bonchev–Trinajstić information content (AvgIpc) is 2.37. The number of nitrogens with one attached hydrogen (secondary N) is 1. The summed E-state index contributed by atoms with van der Waals surface area (Å²) in [5, 5.41) is 11.1. The molecule has 2 atom stereocenters. The van der Waals surface area contributed by atoms with Crippen LogP contribution in [0.5, 0.6) is 0 Å². The average molecular weight is 258 g/mol. The Morgan fingerprint density at radius 2 is 2.06 bits per heavy atom. The van der Waals surface area contributed by atoms with Crippen LogP contribution in [0.4, 0.5) is 4.79 Å². The molecule has 0 aromatic carbocycles. The molecule has 102 valence electrons. The van der Waals surface area contributed by atoms with E-state index in [4.69, 9.17) is 5.11 Å². The van der Waals surface area contributed by atoms with E-state index >= 15 is 0 Å². The van der Waals surface area contributed by atoms with Crippen molar-refractivity contribution >= 4 is 18.0 Å². The van der Waals surface area contributed by atoms with Crippen molar-refractivity contribution in [3.05, 3.63) is 0 Å². The number of hydrogen-bond donors (Lipinski definition) is 2. The van der Waals surface area contributed by atoms with Crippen molar-refractivity contribution in [2.24, 2.45) is 0 Å². The summed E-state index contributed by atoms with van der Waals surface area (Å²) in [5.74, 6) is -1.58. The Hall–Kier alpha value is -1.79. The van der Waals surface area contributed by atoms with Gasteiger partial charge in [-0.2, -0.15) is 0 Å². The second-order valence-electron chi connectivity index (χ2n) is 4.24. The van der Waals surface area contributed by atoms with Crippen LogP contribution in [-0.4, -0.2) is 53.7 Å². The van der Waals surface area contributed by atoms with Crippen molar-refractivity contribution in [1.29, 1.82) is 0 Å². The Kier molecular flexibility index (Phi) is 4.94. The normalized spacial score (nSPS) is 21.0. The summed E-state index contributed by atoms with van der Waals surface area (Å²) in [4.78, 5) is 35.4. The SMILES string of the molecule is COC(=O)C1CCCCN1C(=O)N[C@H](C)C(=O)O. The number of rotatable bonds is 3. The number of carbonyl (C=O) groups excluding carboxylic acids is 2. The number of hydrogen-bond acceptors (Lipinski definition) is 4. The molecule has 0 aromatic heterocycles. The van der Waals surface area contributed by atoms with Gasteiger partial charge in [0.15, 0.2) is 0 Å². The molecule has 1 unspecified atom stereocenters. The summed E-state index contributed by atoms with van der Waals surface area (Å²) in [6, 6.07) is -2.15. The van der Waals surface area contributed by atoms with Crippen LogP contribution in [0.25, 0.3) is 0 Å². The minimum Gasteiger partial charge on any atom is -0.480 e. The van der Waals surface area contributed by atoms with Gasteiger partial charge in [0.1, 0.15) is 12.1 Å². The van der Waals surface area contributed by atoms with Crippen LogP contribution in [0.3, 0.4) is 0 Å². The van der Waals surface area contributed by atoms with E-state index in [2.05, 4.69) is 10.1 Å². The van der Waals surface area contributed by atoms with Gasteiger partial charge in [0.2, 0.25) is 0 Å². The van der Waals surface area contributed by atoms with Crippen LogP contribution < -0.4 is 5.32 Å². The maximum Gasteiger partial charge on any atom is 0.328 e. The fourth-order valence-electron chi connectivity index (χ4n) is 1.89. The molecule has 0 bridgehead atoms. The third-order valence-electron chi connectivity index (χ3n) is 2.95. The lowest BCUT2D eigenvalue weighted by Gasteiger charge is -2.34. The zero-order valence-corrected chi connectivity index (χ0v) is 10.5. The molecular formula is C11H18N2O5. The second kappa shape index (κ2) is 6.23. The van der Waals surface area contributed by atoms with E-state index in [1.54, 1.807) is 0 Å². The Balaban J connectivity index is 2.68. The summed E-state index contributed by atoms with van der Waals surface area (Å²) >= 11 is 0. The number of likely N-dealkylation sites (tertiary alicyclic amines) is 1. The smallest absolute Gasteiger partial charge is 0.328 e. The van der Waals surface area contributed by atoms with Crippen LogP contribution >= 0.6 is 0 Å². The lowest BCUT2D eigenvalue weighted by atomic mass is 10.0. The van der Waals surface area contributed by atoms with E-state index in [9.17, 15) is 14.4 Å². The molecule has 1 fully saturated rings. The van der Waals surface area contributed by atoms with Gasteiger partial charge in [-0.15, -0.1) is 0 Å². The number of aliphatic carboxylic acids is 1. The van der Waals surface area contributed by atoms with E-state index < -0.39 is 30.1 Å². The predicted octanol–water partition coefficient (Wildman–Crippen LogP) is 0.197. The van der Waals surface area contributed by atoms with Gasteiger partial charge in [0.05, 0.1) is 7.11 Å². The summed E-state index contributed by atoms with van der Waals surface area (Å²) in [7, 11) is 1.27. The number of carbonyl (C=O) groups is 3. The van der Waals surface area contributed by atoms with Crippen LogP contribution in [0.15, 0.2) is 0 Å². The van der Waals surface area contributed by atoms with Crippen LogP contribution in [0.1, 0.15) is 26.2 Å². The molecule has 2 amide bonds. The third-order valence-corrected chi connectivity index (χ3v) is 2.95. The molecule has 0 radical (unpaired) electrons. The molecule has 1 aliphatic heterocycles. The summed E-state index contributed by atoms with van der Waals surface area (Å²) in [5.41, 5.74) is 0. The summed E-state index contributed by atoms with van der Waals surface area (Å²) in [6.45, 7) is 1.80. The number of methoxy groups -OCH3 is 1. The van der Waals surface area contributed by atoms with E-state index in [1.807, 2.05) is 0 Å². The van der Waals surface area contributed by atoms with Crippen LogP contribution in [0, 0.1) is 0 Å². The highest BCUT2D eigenvalue weighted by atomic mass is 16.5. The molecule has 1 heterocycles. The molecule has 0 spiro atoms. The number of carboxylic acid groups (broad SMARTS) is 1. The highest BCUT2D eigenvalue weighted by Gasteiger charge is 2.33. The first kappa shape index (κ1) is 14.3. The Morgan fingerprint density at radius 1 is 1.39 bits per heavy atom. The van der Waals surface area contributed by atoms with Gasteiger partial charge < -0.3 is 20.1 Å². The van der Waals surface area contributed by atoms with E-state index in [0.717, 1.165) is 12.8 Å². The Labute approximate surface area is 105 Å². The molecule has 0 saturated carbocycles. The zero-order valence-electron chi connectivity index (χ0n) is 10.5. The fourth-order valence-corrected chi connectivity index (χ4v) is 1.89. The molecule has 7 nitrogen and oxygen atoms in total. The van der Waals surface area contributed by atoms with E-state index in [0.29, 0.717) is 13.0 Å². The molecule has 1 aliphatic rings. The van der Waals surface area contributed by atoms with Gasteiger partial charge in [-0.05, 0) is 26.2 Å². The third kappa shape index (κ3) is 3.35. The predicted molar refractivity (Wildman–Crippen MR) is 62.0 cm³/mol. The molecule has 1 saturated heterocycles. The molecule has 7 heteroatoms. The molecule has 0 aliphatic carbocycles. The minimum absolute atomic E-state index is 0.429. The van der Waals surface area contributed by atoms with Crippen LogP contribution in [0.2, 0.25) is 0 Å². The first-order chi connectivity index (χ1) is 8.47. The maximum atomic E-state index is 11.9. The quantitative estimate of drug-likeness (QED) is 0.705. The van der Waals surface area contributed by atoms with Crippen molar-refractivity contribution in [2.75, 3.05) is 13.7 Å². The summed E-state index contributed by atoms with van der Waals surface area (Å²) < 4.78 is 4.65. The molecular weight excluding hydrogens is 240 g/mol. The van der Waals surface area contributed by atoms with E-state index in [-0.39, 0.29) is 0 Å². The Morgan fingerprint density at radius 3 is 2.61 bits per heavy atom. The number of urea groups is 1. The number of ether oxygens (including phenoxy) is 1. The maximum absolute atomic E-state index is 11.9. The van der Waals surface area contributed by atoms with E-state index in [1.165, 1.54) is 18.9 Å². The number of esters is 1. The van der Waals surface area contributed by atoms with Crippen molar-refractivity contribution < 1.29 is 24.2 Å². The molecule has 1 rings (SSSR count). The number of piperidine rings is 1. The van der Waals surface area contributed by atoms with Crippen molar-refractivity contribution in [1.82, 2.24) is 10.2 Å².